The van der Waals surface area contributed by atoms with E-state index in [9.17, 15) is 5.21 Å². The second kappa shape index (κ2) is 2.12. The van der Waals surface area contributed by atoms with E-state index in [-0.39, 0.29) is 0 Å². The van der Waals surface area contributed by atoms with Crippen molar-refractivity contribution in [3.63, 3.8) is 0 Å². The molecule has 0 spiro atoms. The van der Waals surface area contributed by atoms with Crippen molar-refractivity contribution in [1.82, 2.24) is 15.2 Å². The first-order valence-electron chi connectivity index (χ1n) is 3.02. The third-order valence-corrected chi connectivity index (χ3v) is 1.34. The predicted molar refractivity (Wildman–Crippen MR) is 36.3 cm³/mol. The molecule has 0 N–H and O–H groups in total. The summed E-state index contributed by atoms with van der Waals surface area (Å²) in [7, 11) is 0. The van der Waals surface area contributed by atoms with E-state index in [1.165, 1.54) is 24.8 Å². The lowest BCUT2D eigenvalue weighted by Gasteiger charge is -1.96. The van der Waals surface area contributed by atoms with Crippen LogP contribution in [-0.2, 0) is 0 Å². The van der Waals surface area contributed by atoms with E-state index in [0.29, 0.717) is 15.8 Å². The molecule has 5 nitrogen and oxygen atoms in total. The molecule has 5 heteroatoms. The van der Waals surface area contributed by atoms with Crippen LogP contribution in [0.1, 0.15) is 0 Å². The Morgan fingerprint density at radius 2 is 2.09 bits per heavy atom. The van der Waals surface area contributed by atoms with Gasteiger partial charge >= 0.3 is 0 Å². The highest BCUT2D eigenvalue weighted by Gasteiger charge is 2.01. The van der Waals surface area contributed by atoms with Crippen LogP contribution in [0.5, 0.6) is 0 Å². The van der Waals surface area contributed by atoms with Crippen LogP contribution in [0.25, 0.3) is 11.0 Å². The van der Waals surface area contributed by atoms with E-state index in [1.807, 2.05) is 0 Å². The second-order valence-corrected chi connectivity index (χ2v) is 2.01. The van der Waals surface area contributed by atoms with Gasteiger partial charge in [0.1, 0.15) is 6.20 Å². The Kier molecular flexibility index (Phi) is 1.15. The van der Waals surface area contributed by atoms with Crippen LogP contribution in [0.3, 0.4) is 0 Å². The van der Waals surface area contributed by atoms with Crippen molar-refractivity contribution in [3.05, 3.63) is 30.0 Å². The van der Waals surface area contributed by atoms with Gasteiger partial charge in [-0.15, -0.1) is 0 Å². The molecule has 2 aromatic rings. The molecule has 0 bridgehead atoms. The molecule has 0 atom stereocenters. The number of rotatable bonds is 0. The molecule has 0 saturated carbocycles. The van der Waals surface area contributed by atoms with Crippen LogP contribution in [0, 0.1) is 5.21 Å². The third kappa shape index (κ3) is 0.861. The summed E-state index contributed by atoms with van der Waals surface area (Å²) in [5.41, 5.74) is 0.986. The molecular weight excluding hydrogens is 144 g/mol. The Morgan fingerprint density at radius 3 is 2.91 bits per heavy atom. The Bertz CT molecular complexity index is 384. The summed E-state index contributed by atoms with van der Waals surface area (Å²) in [6.45, 7) is 0. The van der Waals surface area contributed by atoms with Crippen LogP contribution in [-0.4, -0.2) is 15.2 Å². The minimum absolute atomic E-state index is 0.433. The summed E-state index contributed by atoms with van der Waals surface area (Å²) < 4.78 is 0.705. The molecule has 0 aliphatic heterocycles. The summed E-state index contributed by atoms with van der Waals surface area (Å²) in [5.74, 6) is 0. The first-order valence-corrected chi connectivity index (χ1v) is 3.02. The molecule has 0 unspecified atom stereocenters. The average Bonchev–Trinajstić information content (AvgIpc) is 2.06. The Morgan fingerprint density at radius 1 is 1.27 bits per heavy atom. The first kappa shape index (κ1) is 5.96. The number of fused-ring (bicyclic) bond motifs is 1. The number of aromatic nitrogens is 4. The molecule has 0 amide bonds. The summed E-state index contributed by atoms with van der Waals surface area (Å²) in [6, 6.07) is 0. The van der Waals surface area contributed by atoms with Gasteiger partial charge in [0, 0.05) is 0 Å². The van der Waals surface area contributed by atoms with Gasteiger partial charge in [-0.05, 0) is 0 Å². The molecule has 0 aliphatic carbocycles. The Balaban J connectivity index is 2.91. The van der Waals surface area contributed by atoms with E-state index >= 15 is 0 Å². The standard InChI is InChI=1S/C6H4N4O/c11-10-2-1-7-5-3-8-9-4-6(5)10/h1-4H. The van der Waals surface area contributed by atoms with Crippen LogP contribution in [0.4, 0.5) is 0 Å². The van der Waals surface area contributed by atoms with Crippen molar-refractivity contribution in [2.24, 2.45) is 0 Å². The maximum atomic E-state index is 11.0. The highest BCUT2D eigenvalue weighted by Crippen LogP contribution is 1.98. The lowest BCUT2D eigenvalue weighted by molar-refractivity contribution is -0.577. The van der Waals surface area contributed by atoms with Crippen LogP contribution < -0.4 is 4.73 Å². The van der Waals surface area contributed by atoms with Crippen LogP contribution in [0.2, 0.25) is 0 Å². The zero-order valence-corrected chi connectivity index (χ0v) is 5.51. The lowest BCUT2D eigenvalue weighted by Crippen LogP contribution is -2.26. The SMILES string of the molecule is [O-][n+]1ccnc2cnncc21. The topological polar surface area (TPSA) is 65.6 Å². The zero-order valence-electron chi connectivity index (χ0n) is 5.51. The number of nitrogens with zero attached hydrogens (tertiary/aromatic N) is 4. The number of hydrogen-bond acceptors (Lipinski definition) is 4. The fourth-order valence-electron chi connectivity index (χ4n) is 0.832. The van der Waals surface area contributed by atoms with E-state index in [4.69, 9.17) is 0 Å². The fourth-order valence-corrected chi connectivity index (χ4v) is 0.832. The smallest absolute Gasteiger partial charge is 0.264 e. The lowest BCUT2D eigenvalue weighted by atomic mass is 10.4. The zero-order chi connectivity index (χ0) is 7.68. The van der Waals surface area contributed by atoms with Gasteiger partial charge in [0.2, 0.25) is 0 Å². The molecule has 0 saturated heterocycles. The van der Waals surface area contributed by atoms with Crippen molar-refractivity contribution in [3.8, 4) is 0 Å². The van der Waals surface area contributed by atoms with E-state index in [2.05, 4.69) is 15.2 Å². The molecule has 0 aromatic carbocycles. The normalized spacial score (nSPS) is 10.2. The summed E-state index contributed by atoms with van der Waals surface area (Å²) in [5, 5.41) is 18.1. The van der Waals surface area contributed by atoms with E-state index in [1.54, 1.807) is 0 Å². The molecule has 0 fully saturated rings. The van der Waals surface area contributed by atoms with Crippen molar-refractivity contribution in [2.45, 2.75) is 0 Å². The maximum Gasteiger partial charge on any atom is 0.264 e. The molecule has 54 valence electrons. The van der Waals surface area contributed by atoms with Crippen LogP contribution >= 0.6 is 0 Å². The highest BCUT2D eigenvalue weighted by molar-refractivity contribution is 5.67. The van der Waals surface area contributed by atoms with Gasteiger partial charge < -0.3 is 5.21 Å². The quantitative estimate of drug-likeness (QED) is 0.378. The summed E-state index contributed by atoms with van der Waals surface area (Å²) >= 11 is 0. The van der Waals surface area contributed by atoms with Crippen molar-refractivity contribution < 1.29 is 4.73 Å². The van der Waals surface area contributed by atoms with Crippen molar-refractivity contribution in [2.75, 3.05) is 0 Å². The molecule has 2 aromatic heterocycles. The van der Waals surface area contributed by atoms with Gasteiger partial charge in [-0.3, -0.25) is 0 Å². The fraction of sp³-hybridized carbons (Fsp3) is 0. The van der Waals surface area contributed by atoms with Gasteiger partial charge in [0.25, 0.3) is 5.52 Å². The first-order chi connectivity index (χ1) is 5.38. The number of hydrogen-bond donors (Lipinski definition) is 0. The van der Waals surface area contributed by atoms with Crippen LogP contribution in [0.15, 0.2) is 24.8 Å². The highest BCUT2D eigenvalue weighted by atomic mass is 16.5. The molecule has 2 heterocycles. The molecule has 0 radical (unpaired) electrons. The third-order valence-electron chi connectivity index (χ3n) is 1.34. The molecule has 11 heavy (non-hydrogen) atoms. The van der Waals surface area contributed by atoms with Crippen molar-refractivity contribution in [1.29, 1.82) is 0 Å². The molecular formula is C6H4N4O. The van der Waals surface area contributed by atoms with Gasteiger partial charge in [0.15, 0.2) is 11.7 Å². The van der Waals surface area contributed by atoms with Crippen molar-refractivity contribution >= 4 is 11.0 Å². The largest absolute Gasteiger partial charge is 0.618 e. The van der Waals surface area contributed by atoms with Gasteiger partial charge in [-0.1, -0.05) is 0 Å². The monoisotopic (exact) mass is 148 g/mol. The Hall–Kier alpha value is -1.78. The average molecular weight is 148 g/mol. The van der Waals surface area contributed by atoms with E-state index in [0.717, 1.165) is 0 Å². The van der Waals surface area contributed by atoms with Gasteiger partial charge in [-0.25, -0.2) is 4.98 Å². The minimum atomic E-state index is 0.433. The summed E-state index contributed by atoms with van der Waals surface area (Å²) in [6.07, 6.45) is 5.58. The maximum absolute atomic E-state index is 11.0. The minimum Gasteiger partial charge on any atom is -0.618 e. The predicted octanol–water partition coefficient (Wildman–Crippen LogP) is -0.342. The second-order valence-electron chi connectivity index (χ2n) is 2.01. The summed E-state index contributed by atoms with van der Waals surface area (Å²) in [4.78, 5) is 3.92. The van der Waals surface area contributed by atoms with E-state index < -0.39 is 0 Å². The molecule has 2 rings (SSSR count). The Labute approximate surface area is 61.9 Å². The van der Waals surface area contributed by atoms with Gasteiger partial charge in [0.05, 0.1) is 12.4 Å². The molecule has 0 aliphatic rings. The van der Waals surface area contributed by atoms with Gasteiger partial charge in [-0.2, -0.15) is 14.9 Å².